The zero-order valence-electron chi connectivity index (χ0n) is 13.4. The maximum atomic E-state index is 2.34. The largest absolute Gasteiger partial charge is 0.0616 e. The summed E-state index contributed by atoms with van der Waals surface area (Å²) in [6, 6.07) is 24.5. The van der Waals surface area contributed by atoms with Gasteiger partial charge in [-0.25, -0.2) is 0 Å². The fourth-order valence-corrected chi connectivity index (χ4v) is 3.30. The quantitative estimate of drug-likeness (QED) is 0.326. The van der Waals surface area contributed by atoms with E-state index in [2.05, 4.69) is 87.5 Å². The van der Waals surface area contributed by atoms with Gasteiger partial charge in [-0.1, -0.05) is 87.5 Å². The summed E-state index contributed by atoms with van der Waals surface area (Å²) in [7, 11) is 0. The van der Waals surface area contributed by atoms with E-state index < -0.39 is 0 Å². The molecular formula is C22H20. The van der Waals surface area contributed by atoms with Crippen LogP contribution >= 0.6 is 0 Å². The van der Waals surface area contributed by atoms with Crippen LogP contribution in [-0.4, -0.2) is 0 Å². The van der Waals surface area contributed by atoms with E-state index in [-0.39, 0.29) is 5.41 Å². The maximum absolute atomic E-state index is 2.34. The Bertz CT molecular complexity index is 1000. The predicted octanol–water partition coefficient (Wildman–Crippen LogP) is 6.44. The first-order valence-electron chi connectivity index (χ1n) is 7.89. The molecule has 0 unspecified atom stereocenters. The van der Waals surface area contributed by atoms with Crippen LogP contribution in [-0.2, 0) is 5.41 Å². The highest BCUT2D eigenvalue weighted by Crippen LogP contribution is 2.33. The highest BCUT2D eigenvalue weighted by Gasteiger charge is 2.14. The summed E-state index contributed by atoms with van der Waals surface area (Å²) in [5.41, 5.74) is 1.58. The van der Waals surface area contributed by atoms with E-state index in [9.17, 15) is 0 Å². The summed E-state index contributed by atoms with van der Waals surface area (Å²) < 4.78 is 0. The van der Waals surface area contributed by atoms with Crippen molar-refractivity contribution in [2.24, 2.45) is 0 Å². The molecule has 0 aliphatic carbocycles. The van der Waals surface area contributed by atoms with Gasteiger partial charge in [-0.05, 0) is 43.3 Å². The van der Waals surface area contributed by atoms with Crippen molar-refractivity contribution >= 4 is 32.3 Å². The van der Waals surface area contributed by atoms with Crippen LogP contribution in [0.5, 0.6) is 0 Å². The summed E-state index contributed by atoms with van der Waals surface area (Å²) in [5.74, 6) is 0. The van der Waals surface area contributed by atoms with Crippen LogP contribution in [0.3, 0.4) is 0 Å². The summed E-state index contributed by atoms with van der Waals surface area (Å²) in [6.45, 7) is 6.80. The first kappa shape index (κ1) is 13.3. The molecule has 4 aromatic rings. The highest BCUT2D eigenvalue weighted by molar-refractivity contribution is 6.17. The van der Waals surface area contributed by atoms with Gasteiger partial charge < -0.3 is 0 Å². The third-order valence-corrected chi connectivity index (χ3v) is 4.61. The smallest absolute Gasteiger partial charge is 0.00990 e. The molecule has 4 aromatic carbocycles. The molecule has 0 N–H and O–H groups in total. The Morgan fingerprint density at radius 3 is 1.86 bits per heavy atom. The van der Waals surface area contributed by atoms with Gasteiger partial charge in [0.1, 0.15) is 0 Å². The van der Waals surface area contributed by atoms with Gasteiger partial charge in [0.05, 0.1) is 0 Å². The van der Waals surface area contributed by atoms with E-state index in [1.54, 1.807) is 0 Å². The molecule has 0 aromatic heterocycles. The summed E-state index contributed by atoms with van der Waals surface area (Å²) >= 11 is 0. The Labute approximate surface area is 131 Å². The lowest BCUT2D eigenvalue weighted by atomic mass is 9.85. The third kappa shape index (κ3) is 1.99. The molecule has 0 spiro atoms. The van der Waals surface area contributed by atoms with E-state index in [4.69, 9.17) is 0 Å². The van der Waals surface area contributed by atoms with E-state index in [1.165, 1.54) is 37.9 Å². The number of benzene rings is 4. The first-order valence-corrected chi connectivity index (χ1v) is 7.89. The van der Waals surface area contributed by atoms with Gasteiger partial charge in [-0.2, -0.15) is 0 Å². The van der Waals surface area contributed by atoms with Crippen molar-refractivity contribution in [1.29, 1.82) is 0 Å². The first-order chi connectivity index (χ1) is 10.5. The van der Waals surface area contributed by atoms with Crippen molar-refractivity contribution in [2.75, 3.05) is 0 Å². The van der Waals surface area contributed by atoms with Gasteiger partial charge >= 0.3 is 0 Å². The Morgan fingerprint density at radius 2 is 1.14 bits per heavy atom. The minimum Gasteiger partial charge on any atom is -0.0616 e. The van der Waals surface area contributed by atoms with E-state index >= 15 is 0 Å². The van der Waals surface area contributed by atoms with Gasteiger partial charge in [0.15, 0.2) is 0 Å². The minimum absolute atomic E-state index is 0.187. The normalized spacial score (nSPS) is 12.3. The average molecular weight is 284 g/mol. The minimum atomic E-state index is 0.187. The van der Waals surface area contributed by atoms with Crippen LogP contribution < -0.4 is 0 Å². The van der Waals surface area contributed by atoms with Crippen LogP contribution in [0.2, 0.25) is 0 Å². The number of hydrogen-bond donors (Lipinski definition) is 0. The molecule has 0 aliphatic rings. The topological polar surface area (TPSA) is 0 Å². The van der Waals surface area contributed by atoms with Gasteiger partial charge in [0.25, 0.3) is 0 Å². The van der Waals surface area contributed by atoms with Gasteiger partial charge in [-0.3, -0.25) is 0 Å². The van der Waals surface area contributed by atoms with E-state index in [0.717, 1.165) is 0 Å². The van der Waals surface area contributed by atoms with Crippen molar-refractivity contribution in [2.45, 2.75) is 26.2 Å². The Balaban J connectivity index is 2.09. The second kappa shape index (κ2) is 4.58. The molecule has 0 radical (unpaired) electrons. The number of hydrogen-bond acceptors (Lipinski definition) is 0. The molecule has 0 fully saturated rings. The fraction of sp³-hybridized carbons (Fsp3) is 0.182. The Kier molecular flexibility index (Phi) is 2.77. The van der Waals surface area contributed by atoms with Gasteiger partial charge in [0, 0.05) is 0 Å². The van der Waals surface area contributed by atoms with E-state index in [1.807, 2.05) is 0 Å². The second-order valence-corrected chi connectivity index (χ2v) is 7.13. The summed E-state index contributed by atoms with van der Waals surface area (Å²) in [6.07, 6.45) is 0. The lowest BCUT2D eigenvalue weighted by Gasteiger charge is -2.20. The molecule has 22 heavy (non-hydrogen) atoms. The fourth-order valence-electron chi connectivity index (χ4n) is 3.30. The Morgan fingerprint density at radius 1 is 0.545 bits per heavy atom. The molecular weight excluding hydrogens is 264 g/mol. The SMILES string of the molecule is CC(C)(C)c1ccc2c(ccc3c4ccccc4ccc23)c1. The molecule has 0 heteroatoms. The molecule has 0 saturated carbocycles. The van der Waals surface area contributed by atoms with Crippen LogP contribution in [0.25, 0.3) is 32.3 Å². The average Bonchev–Trinajstić information content (AvgIpc) is 2.52. The van der Waals surface area contributed by atoms with Crippen LogP contribution in [0.15, 0.2) is 66.7 Å². The highest BCUT2D eigenvalue weighted by atomic mass is 14.2. The molecule has 0 bridgehead atoms. The van der Waals surface area contributed by atoms with Crippen LogP contribution in [0.1, 0.15) is 26.3 Å². The molecule has 0 amide bonds. The maximum Gasteiger partial charge on any atom is -0.00990 e. The molecule has 0 aliphatic heterocycles. The second-order valence-electron chi connectivity index (χ2n) is 7.13. The van der Waals surface area contributed by atoms with Crippen molar-refractivity contribution in [1.82, 2.24) is 0 Å². The van der Waals surface area contributed by atoms with Crippen molar-refractivity contribution in [3.63, 3.8) is 0 Å². The predicted molar refractivity (Wildman–Crippen MR) is 97.7 cm³/mol. The van der Waals surface area contributed by atoms with Crippen molar-refractivity contribution in [3.8, 4) is 0 Å². The number of fused-ring (bicyclic) bond motifs is 5. The molecule has 0 nitrogen and oxygen atoms in total. The lowest BCUT2D eigenvalue weighted by molar-refractivity contribution is 0.591. The summed E-state index contributed by atoms with van der Waals surface area (Å²) in [5, 5.41) is 8.00. The lowest BCUT2D eigenvalue weighted by Crippen LogP contribution is -2.10. The van der Waals surface area contributed by atoms with Crippen molar-refractivity contribution in [3.05, 3.63) is 72.3 Å². The standard InChI is InChI=1S/C22H20/c1-22(2,3)17-10-13-19-16(14-17)9-12-20-18-7-5-4-6-15(18)8-11-21(19)20/h4-14H,1-3H3. The number of rotatable bonds is 0. The summed E-state index contributed by atoms with van der Waals surface area (Å²) in [4.78, 5) is 0. The third-order valence-electron chi connectivity index (χ3n) is 4.61. The molecule has 0 atom stereocenters. The Hall–Kier alpha value is -2.34. The molecule has 0 heterocycles. The van der Waals surface area contributed by atoms with Crippen LogP contribution in [0, 0.1) is 0 Å². The monoisotopic (exact) mass is 284 g/mol. The zero-order valence-corrected chi connectivity index (χ0v) is 13.4. The van der Waals surface area contributed by atoms with E-state index in [0.29, 0.717) is 0 Å². The van der Waals surface area contributed by atoms with Gasteiger partial charge in [-0.15, -0.1) is 0 Å². The molecule has 108 valence electrons. The van der Waals surface area contributed by atoms with Crippen molar-refractivity contribution < 1.29 is 0 Å². The molecule has 4 rings (SSSR count). The zero-order chi connectivity index (χ0) is 15.3. The van der Waals surface area contributed by atoms with Crippen LogP contribution in [0.4, 0.5) is 0 Å². The van der Waals surface area contributed by atoms with Gasteiger partial charge in [0.2, 0.25) is 0 Å². The molecule has 0 saturated heterocycles.